The van der Waals surface area contributed by atoms with Crippen LogP contribution in [0.2, 0.25) is 0 Å². The molecule has 0 spiro atoms. The number of pyridine rings is 1. The number of nitrogens with zero attached hydrogens (tertiary/aromatic N) is 2. The predicted octanol–water partition coefficient (Wildman–Crippen LogP) is 4.03. The van der Waals surface area contributed by atoms with E-state index >= 15 is 0 Å². The van der Waals surface area contributed by atoms with E-state index in [0.717, 1.165) is 38.4 Å². The normalized spacial score (nSPS) is 20.4. The Hall–Kier alpha value is -2.03. The lowest BCUT2D eigenvalue weighted by Crippen LogP contribution is -2.31. The van der Waals surface area contributed by atoms with Gasteiger partial charge in [0.15, 0.2) is 0 Å². The Morgan fingerprint density at radius 2 is 1.66 bits per heavy atom. The third kappa shape index (κ3) is 5.12. The first-order valence-electron chi connectivity index (χ1n) is 8.71. The van der Waals surface area contributed by atoms with Gasteiger partial charge in [-0.3, -0.25) is 4.79 Å². The Morgan fingerprint density at radius 3 is 2.17 bits per heavy atom. The zero-order valence-corrected chi connectivity index (χ0v) is 16.8. The number of aromatic nitrogens is 1. The second-order valence-corrected chi connectivity index (χ2v) is 6.90. The lowest BCUT2D eigenvalue weighted by atomic mass is 10.0. The van der Waals surface area contributed by atoms with Crippen molar-refractivity contribution in [3.05, 3.63) is 53.7 Å². The number of alkyl halides is 3. The van der Waals surface area contributed by atoms with Crippen molar-refractivity contribution in [1.29, 1.82) is 0 Å². The first kappa shape index (κ1) is 23.3. The SMILES string of the molecule is Cl.Cl.O=C(c1ccc(Oc2ccc(C(F)(F)F)cn2)cc1)N1C[C@H]2CNC[C@H]2C1. The van der Waals surface area contributed by atoms with Crippen molar-refractivity contribution in [1.82, 2.24) is 15.2 Å². The minimum absolute atomic E-state index is 0. The van der Waals surface area contributed by atoms with Crippen LogP contribution in [0.4, 0.5) is 13.2 Å². The third-order valence-electron chi connectivity index (χ3n) is 5.06. The van der Waals surface area contributed by atoms with E-state index in [4.69, 9.17) is 4.74 Å². The van der Waals surface area contributed by atoms with E-state index < -0.39 is 11.7 Å². The van der Waals surface area contributed by atoms with Gasteiger partial charge in [-0.15, -0.1) is 24.8 Å². The van der Waals surface area contributed by atoms with Gasteiger partial charge < -0.3 is 15.0 Å². The Bertz CT molecular complexity index is 820. The highest BCUT2D eigenvalue weighted by Gasteiger charge is 2.38. The topological polar surface area (TPSA) is 54.5 Å². The van der Waals surface area contributed by atoms with Gasteiger partial charge in [0.2, 0.25) is 5.88 Å². The Labute approximate surface area is 178 Å². The van der Waals surface area contributed by atoms with E-state index in [-0.39, 0.29) is 36.6 Å². The van der Waals surface area contributed by atoms with E-state index in [1.165, 1.54) is 6.07 Å². The largest absolute Gasteiger partial charge is 0.439 e. The van der Waals surface area contributed by atoms with Gasteiger partial charge in [-0.05, 0) is 42.2 Å². The summed E-state index contributed by atoms with van der Waals surface area (Å²) in [6.07, 6.45) is -3.70. The molecule has 5 nitrogen and oxygen atoms in total. The molecular weight excluding hydrogens is 430 g/mol. The summed E-state index contributed by atoms with van der Waals surface area (Å²) in [6, 6.07) is 8.64. The average Bonchev–Trinajstić information content (AvgIpc) is 3.23. The number of carbonyl (C=O) groups excluding carboxylic acids is 1. The summed E-state index contributed by atoms with van der Waals surface area (Å²) in [6.45, 7) is 3.46. The smallest absolute Gasteiger partial charge is 0.417 e. The van der Waals surface area contributed by atoms with Gasteiger partial charge in [0.1, 0.15) is 5.75 Å². The molecule has 1 N–H and O–H groups in total. The van der Waals surface area contributed by atoms with Gasteiger partial charge in [0.05, 0.1) is 5.56 Å². The highest BCUT2D eigenvalue weighted by molar-refractivity contribution is 5.94. The van der Waals surface area contributed by atoms with Crippen molar-refractivity contribution in [3.63, 3.8) is 0 Å². The summed E-state index contributed by atoms with van der Waals surface area (Å²) in [4.78, 5) is 18.2. The molecule has 1 aromatic heterocycles. The quantitative estimate of drug-likeness (QED) is 0.768. The van der Waals surface area contributed by atoms with Gasteiger partial charge in [-0.1, -0.05) is 0 Å². The van der Waals surface area contributed by atoms with Crippen molar-refractivity contribution in [3.8, 4) is 11.6 Å². The molecule has 10 heteroatoms. The molecule has 2 aliphatic heterocycles. The second-order valence-electron chi connectivity index (χ2n) is 6.90. The van der Waals surface area contributed by atoms with Crippen molar-refractivity contribution < 1.29 is 22.7 Å². The molecule has 2 fully saturated rings. The van der Waals surface area contributed by atoms with Gasteiger partial charge in [-0.25, -0.2) is 4.98 Å². The molecule has 0 unspecified atom stereocenters. The van der Waals surface area contributed by atoms with Crippen LogP contribution in [0, 0.1) is 11.8 Å². The zero-order valence-electron chi connectivity index (χ0n) is 15.2. The van der Waals surface area contributed by atoms with E-state index in [1.54, 1.807) is 24.3 Å². The van der Waals surface area contributed by atoms with Crippen molar-refractivity contribution in [2.24, 2.45) is 11.8 Å². The minimum Gasteiger partial charge on any atom is -0.439 e. The number of hydrogen-bond acceptors (Lipinski definition) is 4. The molecule has 2 saturated heterocycles. The fourth-order valence-electron chi connectivity index (χ4n) is 3.60. The van der Waals surface area contributed by atoms with Crippen LogP contribution in [0.1, 0.15) is 15.9 Å². The number of benzene rings is 1. The summed E-state index contributed by atoms with van der Waals surface area (Å²) >= 11 is 0. The van der Waals surface area contributed by atoms with Crippen LogP contribution >= 0.6 is 24.8 Å². The number of halogens is 5. The van der Waals surface area contributed by atoms with E-state index in [0.29, 0.717) is 23.1 Å². The van der Waals surface area contributed by atoms with Gasteiger partial charge in [0, 0.05) is 44.0 Å². The fourth-order valence-corrected chi connectivity index (χ4v) is 3.60. The number of nitrogens with one attached hydrogen (secondary N) is 1. The number of likely N-dealkylation sites (tertiary alicyclic amines) is 1. The van der Waals surface area contributed by atoms with E-state index in [1.807, 2.05) is 4.90 Å². The Morgan fingerprint density at radius 1 is 1.03 bits per heavy atom. The maximum absolute atomic E-state index is 12.6. The first-order chi connectivity index (χ1) is 12.9. The van der Waals surface area contributed by atoms with Crippen LogP contribution in [-0.2, 0) is 6.18 Å². The van der Waals surface area contributed by atoms with Gasteiger partial charge in [0.25, 0.3) is 5.91 Å². The molecule has 158 valence electrons. The number of hydrogen-bond donors (Lipinski definition) is 1. The molecular formula is C19H20Cl2F3N3O2. The third-order valence-corrected chi connectivity index (χ3v) is 5.06. The monoisotopic (exact) mass is 449 g/mol. The summed E-state index contributed by atoms with van der Waals surface area (Å²) in [5, 5.41) is 3.34. The summed E-state index contributed by atoms with van der Waals surface area (Å²) in [5.41, 5.74) is -0.267. The zero-order chi connectivity index (χ0) is 19.0. The molecule has 3 heterocycles. The molecule has 2 aromatic rings. The molecule has 0 bridgehead atoms. The highest BCUT2D eigenvalue weighted by atomic mass is 35.5. The Kier molecular flexibility index (Phi) is 7.37. The molecule has 4 rings (SSSR count). The minimum atomic E-state index is -4.43. The van der Waals surface area contributed by atoms with Crippen LogP contribution in [0.3, 0.4) is 0 Å². The predicted molar refractivity (Wildman–Crippen MR) is 106 cm³/mol. The van der Waals surface area contributed by atoms with Gasteiger partial charge >= 0.3 is 6.18 Å². The molecule has 1 aromatic carbocycles. The number of ether oxygens (including phenoxy) is 1. The van der Waals surface area contributed by atoms with E-state index in [2.05, 4.69) is 10.3 Å². The second kappa shape index (κ2) is 9.19. The molecule has 0 radical (unpaired) electrons. The molecule has 2 aliphatic rings. The van der Waals surface area contributed by atoms with Crippen molar-refractivity contribution in [2.75, 3.05) is 26.2 Å². The maximum Gasteiger partial charge on any atom is 0.417 e. The number of carbonyl (C=O) groups is 1. The van der Waals surface area contributed by atoms with Crippen LogP contribution in [0.15, 0.2) is 42.6 Å². The number of fused-ring (bicyclic) bond motifs is 1. The van der Waals surface area contributed by atoms with Crippen LogP contribution < -0.4 is 10.1 Å². The average molecular weight is 450 g/mol. The summed E-state index contributed by atoms with van der Waals surface area (Å²) in [5.74, 6) is 1.51. The van der Waals surface area contributed by atoms with Crippen molar-refractivity contribution >= 4 is 30.7 Å². The fraction of sp³-hybridized carbons (Fsp3) is 0.368. The molecule has 29 heavy (non-hydrogen) atoms. The lowest BCUT2D eigenvalue weighted by Gasteiger charge is -2.17. The van der Waals surface area contributed by atoms with Crippen LogP contribution in [0.25, 0.3) is 0 Å². The number of amides is 1. The van der Waals surface area contributed by atoms with Crippen LogP contribution in [-0.4, -0.2) is 42.0 Å². The number of rotatable bonds is 3. The first-order valence-corrected chi connectivity index (χ1v) is 8.71. The lowest BCUT2D eigenvalue weighted by molar-refractivity contribution is -0.137. The van der Waals surface area contributed by atoms with Gasteiger partial charge in [-0.2, -0.15) is 13.2 Å². The van der Waals surface area contributed by atoms with E-state index in [9.17, 15) is 18.0 Å². The summed E-state index contributed by atoms with van der Waals surface area (Å²) < 4.78 is 43.1. The maximum atomic E-state index is 12.6. The van der Waals surface area contributed by atoms with Crippen molar-refractivity contribution in [2.45, 2.75) is 6.18 Å². The highest BCUT2D eigenvalue weighted by Crippen LogP contribution is 2.30. The standard InChI is InChI=1S/C19H18F3N3O2.2ClH/c20-19(21,22)15-3-6-17(24-9-15)27-16-4-1-12(2-5-16)18(26)25-10-13-7-23-8-14(13)11-25;;/h1-6,9,13-14,23H,7-8,10-11H2;2*1H/t13-,14+;;. The molecule has 1 amide bonds. The molecule has 2 atom stereocenters. The summed E-state index contributed by atoms with van der Waals surface area (Å²) in [7, 11) is 0. The Balaban J connectivity index is 0.00000150. The molecule has 0 saturated carbocycles. The molecule has 0 aliphatic carbocycles. The van der Waals surface area contributed by atoms with Crippen LogP contribution in [0.5, 0.6) is 11.6 Å².